The standard InChI is InChI=1S/C8H9N5/c1-6-4-13(5-11-6)7-2-3-10-8(9)12-7/h2-5H,1H3,(H2,9,10,12)/i1D3,4D,5D. The molecule has 0 aromatic carbocycles. The Balaban J connectivity index is 2.63. The van der Waals surface area contributed by atoms with E-state index in [1.54, 1.807) is 0 Å². The van der Waals surface area contributed by atoms with E-state index < -0.39 is 18.7 Å². The van der Waals surface area contributed by atoms with Crippen LogP contribution < -0.4 is 5.73 Å². The number of aryl methyl sites for hydroxylation is 1. The van der Waals surface area contributed by atoms with Gasteiger partial charge < -0.3 is 5.73 Å². The van der Waals surface area contributed by atoms with E-state index in [0.29, 0.717) is 0 Å². The maximum Gasteiger partial charge on any atom is 0.221 e. The third-order valence-electron chi connectivity index (χ3n) is 1.37. The summed E-state index contributed by atoms with van der Waals surface area (Å²) < 4.78 is 38.0. The zero-order valence-electron chi connectivity index (χ0n) is 11.5. The highest BCUT2D eigenvalue weighted by Gasteiger charge is 1.98. The van der Waals surface area contributed by atoms with Crippen LogP contribution in [0.3, 0.4) is 0 Å². The molecule has 0 saturated carbocycles. The van der Waals surface area contributed by atoms with Crippen LogP contribution in [0.25, 0.3) is 5.82 Å². The van der Waals surface area contributed by atoms with Crippen LogP contribution in [0.4, 0.5) is 5.95 Å². The molecule has 2 rings (SSSR count). The average Bonchev–Trinajstić information content (AvgIpc) is 2.54. The van der Waals surface area contributed by atoms with E-state index in [9.17, 15) is 0 Å². The molecule has 0 bridgehead atoms. The van der Waals surface area contributed by atoms with Crippen LogP contribution >= 0.6 is 0 Å². The van der Waals surface area contributed by atoms with Crippen LogP contribution in [-0.2, 0) is 0 Å². The first kappa shape index (κ1) is 3.87. The third kappa shape index (κ3) is 1.48. The second kappa shape index (κ2) is 2.85. The Morgan fingerprint density at radius 2 is 2.54 bits per heavy atom. The minimum Gasteiger partial charge on any atom is -0.368 e. The molecule has 0 spiro atoms. The van der Waals surface area contributed by atoms with Gasteiger partial charge in [-0.25, -0.2) is 9.97 Å². The third-order valence-corrected chi connectivity index (χ3v) is 1.37. The summed E-state index contributed by atoms with van der Waals surface area (Å²) >= 11 is 0. The topological polar surface area (TPSA) is 69.6 Å². The van der Waals surface area contributed by atoms with Crippen LogP contribution in [0.1, 0.15) is 12.5 Å². The van der Waals surface area contributed by atoms with Crippen LogP contribution in [0.5, 0.6) is 0 Å². The summed E-state index contributed by atoms with van der Waals surface area (Å²) in [4.78, 5) is 11.1. The van der Waals surface area contributed by atoms with E-state index in [2.05, 4.69) is 15.0 Å². The minimum atomic E-state index is -2.54. The molecule has 2 aromatic heterocycles. The minimum absolute atomic E-state index is 0.0320. The van der Waals surface area contributed by atoms with E-state index in [-0.39, 0.29) is 18.1 Å². The van der Waals surface area contributed by atoms with E-state index >= 15 is 0 Å². The number of imidazole rings is 1. The van der Waals surface area contributed by atoms with Gasteiger partial charge in [0.2, 0.25) is 5.95 Å². The monoisotopic (exact) mass is 180 g/mol. The fourth-order valence-electron chi connectivity index (χ4n) is 0.853. The van der Waals surface area contributed by atoms with Gasteiger partial charge in [-0.3, -0.25) is 4.57 Å². The predicted molar refractivity (Wildman–Crippen MR) is 48.3 cm³/mol. The smallest absolute Gasteiger partial charge is 0.221 e. The quantitative estimate of drug-likeness (QED) is 0.695. The zero-order chi connectivity index (χ0) is 13.5. The molecule has 0 fully saturated rings. The number of nitrogens with zero attached hydrogens (tertiary/aromatic N) is 4. The van der Waals surface area contributed by atoms with Gasteiger partial charge in [0.15, 0.2) is 0 Å². The second-order valence-corrected chi connectivity index (χ2v) is 2.28. The lowest BCUT2D eigenvalue weighted by Crippen LogP contribution is -1.99. The van der Waals surface area contributed by atoms with Crippen molar-refractivity contribution < 1.29 is 6.85 Å². The van der Waals surface area contributed by atoms with Gasteiger partial charge in [-0.1, -0.05) is 0 Å². The van der Waals surface area contributed by atoms with Gasteiger partial charge in [0.05, 0.1) is 7.06 Å². The molecule has 0 aliphatic heterocycles. The number of aromatic nitrogens is 4. The van der Waals surface area contributed by atoms with Crippen LogP contribution in [0, 0.1) is 6.85 Å². The maximum atomic E-state index is 7.75. The number of hydrogen-bond donors (Lipinski definition) is 1. The predicted octanol–water partition coefficient (Wildman–Crippen LogP) is 0.553. The van der Waals surface area contributed by atoms with Crippen molar-refractivity contribution in [2.24, 2.45) is 0 Å². The molecule has 2 N–H and O–H groups in total. The van der Waals surface area contributed by atoms with E-state index in [1.807, 2.05) is 0 Å². The Bertz CT molecular complexity index is 590. The molecule has 0 unspecified atom stereocenters. The summed E-state index contributed by atoms with van der Waals surface area (Å²) in [6.07, 6.45) is 0.563. The molecule has 13 heavy (non-hydrogen) atoms. The van der Waals surface area contributed by atoms with Gasteiger partial charge in [-0.05, 0) is 12.9 Å². The summed E-state index contributed by atoms with van der Waals surface area (Å²) in [5.74, 6) is 0.107. The molecular weight excluding hydrogens is 166 g/mol. The van der Waals surface area contributed by atoms with Crippen molar-refractivity contribution in [1.82, 2.24) is 19.5 Å². The molecular formula is C8H9N5. The fraction of sp³-hybridized carbons (Fsp3) is 0.125. The van der Waals surface area contributed by atoms with Gasteiger partial charge in [0.25, 0.3) is 0 Å². The molecule has 0 atom stereocenters. The Morgan fingerprint density at radius 3 is 3.23 bits per heavy atom. The molecule has 5 heteroatoms. The van der Waals surface area contributed by atoms with Gasteiger partial charge in [-0.2, -0.15) is 4.98 Å². The number of nitrogen functional groups attached to an aromatic ring is 1. The van der Waals surface area contributed by atoms with Crippen molar-refractivity contribution in [3.8, 4) is 5.82 Å². The lowest BCUT2D eigenvalue weighted by Gasteiger charge is -1.99. The number of hydrogen-bond acceptors (Lipinski definition) is 4. The molecule has 0 radical (unpaired) electrons. The molecule has 0 aliphatic carbocycles. The van der Waals surface area contributed by atoms with Crippen molar-refractivity contribution in [3.05, 3.63) is 30.4 Å². The van der Waals surface area contributed by atoms with Crippen molar-refractivity contribution in [2.45, 2.75) is 6.85 Å². The Morgan fingerprint density at radius 1 is 1.62 bits per heavy atom. The molecule has 0 aliphatic rings. The first-order chi connectivity index (χ1) is 8.30. The van der Waals surface area contributed by atoms with Gasteiger partial charge in [-0.15, -0.1) is 0 Å². The number of rotatable bonds is 1. The summed E-state index contributed by atoms with van der Waals surface area (Å²) in [7, 11) is 0. The normalized spacial score (nSPS) is 16.8. The zero-order valence-corrected chi connectivity index (χ0v) is 6.52. The van der Waals surface area contributed by atoms with Crippen molar-refractivity contribution in [3.63, 3.8) is 0 Å². The summed E-state index contributed by atoms with van der Waals surface area (Å²) in [5, 5.41) is 0. The van der Waals surface area contributed by atoms with Gasteiger partial charge in [0.1, 0.15) is 13.5 Å². The van der Waals surface area contributed by atoms with Crippen LogP contribution in [0.15, 0.2) is 24.7 Å². The Labute approximate surface area is 82.3 Å². The van der Waals surface area contributed by atoms with Crippen LogP contribution in [-0.4, -0.2) is 19.5 Å². The highest BCUT2D eigenvalue weighted by Crippen LogP contribution is 2.04. The first-order valence-corrected chi connectivity index (χ1v) is 3.46. The van der Waals surface area contributed by atoms with Crippen molar-refractivity contribution in [1.29, 1.82) is 0 Å². The highest BCUT2D eigenvalue weighted by molar-refractivity contribution is 5.28. The SMILES string of the molecule is [2H]c1nc(C([2H])([2H])[2H])c([2H])n1-c1ccnc(N)n1. The molecule has 66 valence electrons. The molecule has 0 saturated heterocycles. The van der Waals surface area contributed by atoms with E-state index in [0.717, 1.165) is 4.57 Å². The van der Waals surface area contributed by atoms with Gasteiger partial charge in [0, 0.05) is 16.5 Å². The van der Waals surface area contributed by atoms with E-state index in [1.165, 1.54) is 12.3 Å². The van der Waals surface area contributed by atoms with Gasteiger partial charge >= 0.3 is 0 Å². The first-order valence-electron chi connectivity index (χ1n) is 5.96. The second-order valence-electron chi connectivity index (χ2n) is 2.28. The Hall–Kier alpha value is -1.91. The summed E-state index contributed by atoms with van der Waals surface area (Å²) in [6.45, 7) is -2.54. The Kier molecular flexibility index (Phi) is 0.849. The lowest BCUT2D eigenvalue weighted by atomic mass is 10.5. The lowest BCUT2D eigenvalue weighted by molar-refractivity contribution is 0.978. The van der Waals surface area contributed by atoms with Crippen molar-refractivity contribution >= 4 is 5.95 Å². The van der Waals surface area contributed by atoms with E-state index in [4.69, 9.17) is 12.6 Å². The maximum absolute atomic E-state index is 7.75. The largest absolute Gasteiger partial charge is 0.368 e. The summed E-state index contributed by atoms with van der Waals surface area (Å²) in [5.41, 5.74) is 4.96. The summed E-state index contributed by atoms with van der Waals surface area (Å²) in [6, 6.07) is 1.41. The molecule has 2 aromatic rings. The molecule has 5 nitrogen and oxygen atoms in total. The number of anilines is 1. The highest BCUT2D eigenvalue weighted by atomic mass is 15.1. The number of nitrogens with two attached hydrogens (primary N) is 1. The molecule has 0 amide bonds. The fourth-order valence-corrected chi connectivity index (χ4v) is 0.853. The average molecular weight is 180 g/mol. The van der Waals surface area contributed by atoms with Crippen molar-refractivity contribution in [2.75, 3.05) is 5.73 Å². The molecule has 2 heterocycles. The van der Waals surface area contributed by atoms with Crippen LogP contribution in [0.2, 0.25) is 0 Å².